The van der Waals surface area contributed by atoms with Crippen molar-refractivity contribution in [2.24, 2.45) is 0 Å². The van der Waals surface area contributed by atoms with E-state index in [-0.39, 0.29) is 5.56 Å². The Labute approximate surface area is 121 Å². The SMILES string of the molecule is CCc1n[nH]c(=O)c(C(=O)Nc2ccc(N)nc2)c1CC. The van der Waals surface area contributed by atoms with E-state index < -0.39 is 11.5 Å². The number of hydrogen-bond donors (Lipinski definition) is 3. The van der Waals surface area contributed by atoms with Crippen LogP contribution in [0.25, 0.3) is 0 Å². The molecule has 110 valence electrons. The van der Waals surface area contributed by atoms with Crippen molar-refractivity contribution in [3.63, 3.8) is 0 Å². The Bertz CT molecular complexity index is 706. The molecule has 0 saturated carbocycles. The zero-order chi connectivity index (χ0) is 15.4. The summed E-state index contributed by atoms with van der Waals surface area (Å²) in [5, 5.41) is 9.00. The summed E-state index contributed by atoms with van der Waals surface area (Å²) in [5.74, 6) is -0.117. The van der Waals surface area contributed by atoms with E-state index in [9.17, 15) is 9.59 Å². The predicted octanol–water partition coefficient (Wildman–Crippen LogP) is 1.12. The Morgan fingerprint density at radius 1 is 1.33 bits per heavy atom. The van der Waals surface area contributed by atoms with Crippen LogP contribution in [0.1, 0.15) is 35.5 Å². The molecule has 7 nitrogen and oxygen atoms in total. The highest BCUT2D eigenvalue weighted by atomic mass is 16.2. The van der Waals surface area contributed by atoms with E-state index in [0.717, 1.165) is 5.69 Å². The van der Waals surface area contributed by atoms with Gasteiger partial charge in [0.05, 0.1) is 17.6 Å². The number of nitrogens with one attached hydrogen (secondary N) is 2. The second-order valence-corrected chi connectivity index (χ2v) is 4.49. The van der Waals surface area contributed by atoms with Gasteiger partial charge in [-0.05, 0) is 30.5 Å². The highest BCUT2D eigenvalue weighted by molar-refractivity contribution is 6.05. The Kier molecular flexibility index (Phi) is 4.32. The van der Waals surface area contributed by atoms with Crippen LogP contribution in [0, 0.1) is 0 Å². The summed E-state index contributed by atoms with van der Waals surface area (Å²) in [5.41, 5.74) is 6.96. The molecule has 7 heteroatoms. The predicted molar refractivity (Wildman–Crippen MR) is 80.2 cm³/mol. The van der Waals surface area contributed by atoms with Gasteiger partial charge in [-0.25, -0.2) is 10.1 Å². The molecule has 4 N–H and O–H groups in total. The molecule has 21 heavy (non-hydrogen) atoms. The lowest BCUT2D eigenvalue weighted by Gasteiger charge is -2.10. The molecule has 0 atom stereocenters. The number of aromatic amines is 1. The average Bonchev–Trinajstić information content (AvgIpc) is 2.48. The number of anilines is 2. The van der Waals surface area contributed by atoms with Crippen LogP contribution in [0.4, 0.5) is 11.5 Å². The summed E-state index contributed by atoms with van der Waals surface area (Å²) in [6.45, 7) is 3.81. The van der Waals surface area contributed by atoms with Crippen molar-refractivity contribution < 1.29 is 4.79 Å². The van der Waals surface area contributed by atoms with Crippen molar-refractivity contribution >= 4 is 17.4 Å². The molecule has 0 unspecified atom stereocenters. The van der Waals surface area contributed by atoms with Gasteiger partial charge in [0.15, 0.2) is 0 Å². The highest BCUT2D eigenvalue weighted by Gasteiger charge is 2.19. The molecule has 0 aliphatic rings. The number of aromatic nitrogens is 3. The first-order chi connectivity index (χ1) is 10.1. The van der Waals surface area contributed by atoms with Crippen LogP contribution in [-0.4, -0.2) is 21.1 Å². The fourth-order valence-electron chi connectivity index (χ4n) is 2.11. The molecule has 2 rings (SSSR count). The lowest BCUT2D eigenvalue weighted by Crippen LogP contribution is -2.27. The molecule has 1 amide bonds. The number of nitrogens with zero attached hydrogens (tertiary/aromatic N) is 2. The number of carbonyl (C=O) groups excluding carboxylic acids is 1. The molecular weight excluding hydrogens is 270 g/mol. The van der Waals surface area contributed by atoms with E-state index in [0.29, 0.717) is 29.9 Å². The molecule has 0 aromatic carbocycles. The van der Waals surface area contributed by atoms with Crippen molar-refractivity contribution in [3.05, 3.63) is 45.5 Å². The van der Waals surface area contributed by atoms with Gasteiger partial charge in [-0.1, -0.05) is 13.8 Å². The van der Waals surface area contributed by atoms with Gasteiger partial charge >= 0.3 is 0 Å². The second kappa shape index (κ2) is 6.17. The normalized spacial score (nSPS) is 10.4. The number of aryl methyl sites for hydroxylation is 1. The Morgan fingerprint density at radius 2 is 2.10 bits per heavy atom. The van der Waals surface area contributed by atoms with Crippen LogP contribution >= 0.6 is 0 Å². The van der Waals surface area contributed by atoms with Gasteiger partial charge in [0.2, 0.25) is 0 Å². The minimum absolute atomic E-state index is 0.0983. The number of nitrogens with two attached hydrogens (primary N) is 1. The molecular formula is C14H17N5O2. The lowest BCUT2D eigenvalue weighted by molar-refractivity contribution is 0.102. The van der Waals surface area contributed by atoms with Crippen molar-refractivity contribution in [1.29, 1.82) is 0 Å². The second-order valence-electron chi connectivity index (χ2n) is 4.49. The third-order valence-corrected chi connectivity index (χ3v) is 3.13. The molecule has 0 radical (unpaired) electrons. The number of pyridine rings is 1. The third-order valence-electron chi connectivity index (χ3n) is 3.13. The van der Waals surface area contributed by atoms with E-state index in [1.165, 1.54) is 6.20 Å². The zero-order valence-corrected chi connectivity index (χ0v) is 11.9. The standard InChI is InChI=1S/C14H17N5O2/c1-3-9-10(4-2)18-19-14(21)12(9)13(20)17-8-5-6-11(15)16-7-8/h5-7H,3-4H2,1-2H3,(H2,15,16)(H,17,20)(H,19,21). The fraction of sp³-hybridized carbons (Fsp3) is 0.286. The van der Waals surface area contributed by atoms with Crippen LogP contribution in [0.5, 0.6) is 0 Å². The molecule has 0 fully saturated rings. The van der Waals surface area contributed by atoms with Crippen LogP contribution in [0.3, 0.4) is 0 Å². The maximum Gasteiger partial charge on any atom is 0.277 e. The first kappa shape index (κ1) is 14.7. The number of nitrogen functional groups attached to an aromatic ring is 1. The minimum Gasteiger partial charge on any atom is -0.384 e. The maximum absolute atomic E-state index is 12.3. The molecule has 0 bridgehead atoms. The maximum atomic E-state index is 12.3. The van der Waals surface area contributed by atoms with Crippen LogP contribution in [0.2, 0.25) is 0 Å². The van der Waals surface area contributed by atoms with Crippen LogP contribution in [0.15, 0.2) is 23.1 Å². The number of hydrogen-bond acceptors (Lipinski definition) is 5. The smallest absolute Gasteiger partial charge is 0.277 e. The quantitative estimate of drug-likeness (QED) is 0.779. The van der Waals surface area contributed by atoms with Gasteiger partial charge in [-0.15, -0.1) is 0 Å². The minimum atomic E-state index is -0.495. The van der Waals surface area contributed by atoms with Crippen LogP contribution in [-0.2, 0) is 12.8 Å². The molecule has 2 aromatic heterocycles. The number of amides is 1. The van der Waals surface area contributed by atoms with Gasteiger partial charge in [-0.3, -0.25) is 9.59 Å². The zero-order valence-electron chi connectivity index (χ0n) is 11.9. The molecule has 0 aliphatic heterocycles. The third kappa shape index (κ3) is 3.07. The number of rotatable bonds is 4. The molecule has 0 saturated heterocycles. The van der Waals surface area contributed by atoms with Crippen molar-refractivity contribution in [3.8, 4) is 0 Å². The average molecular weight is 287 g/mol. The highest BCUT2D eigenvalue weighted by Crippen LogP contribution is 2.13. The van der Waals surface area contributed by atoms with Gasteiger partial charge < -0.3 is 11.1 Å². The largest absolute Gasteiger partial charge is 0.384 e. The summed E-state index contributed by atoms with van der Waals surface area (Å²) >= 11 is 0. The lowest BCUT2D eigenvalue weighted by atomic mass is 10.0. The van der Waals surface area contributed by atoms with Gasteiger partial charge in [-0.2, -0.15) is 5.10 Å². The number of H-pyrrole nitrogens is 1. The topological polar surface area (TPSA) is 114 Å². The fourth-order valence-corrected chi connectivity index (χ4v) is 2.11. The van der Waals surface area contributed by atoms with E-state index in [2.05, 4.69) is 20.5 Å². The summed E-state index contributed by atoms with van der Waals surface area (Å²) < 4.78 is 0. The van der Waals surface area contributed by atoms with Gasteiger partial charge in [0, 0.05) is 0 Å². The number of carbonyl (C=O) groups is 1. The first-order valence-electron chi connectivity index (χ1n) is 6.70. The monoisotopic (exact) mass is 287 g/mol. The van der Waals surface area contributed by atoms with Crippen LogP contribution < -0.4 is 16.6 Å². The Morgan fingerprint density at radius 3 is 2.67 bits per heavy atom. The first-order valence-corrected chi connectivity index (χ1v) is 6.70. The summed E-state index contributed by atoms with van der Waals surface area (Å²) in [6.07, 6.45) is 2.64. The van der Waals surface area contributed by atoms with E-state index in [1.807, 2.05) is 13.8 Å². The van der Waals surface area contributed by atoms with E-state index in [4.69, 9.17) is 5.73 Å². The molecule has 2 aromatic rings. The van der Waals surface area contributed by atoms with Crippen molar-refractivity contribution in [2.45, 2.75) is 26.7 Å². The summed E-state index contributed by atoms with van der Waals surface area (Å²) in [4.78, 5) is 28.2. The van der Waals surface area contributed by atoms with Crippen molar-refractivity contribution in [1.82, 2.24) is 15.2 Å². The molecule has 0 spiro atoms. The van der Waals surface area contributed by atoms with E-state index >= 15 is 0 Å². The molecule has 0 aliphatic carbocycles. The van der Waals surface area contributed by atoms with E-state index in [1.54, 1.807) is 12.1 Å². The summed E-state index contributed by atoms with van der Waals surface area (Å²) in [6, 6.07) is 3.20. The van der Waals surface area contributed by atoms with Gasteiger partial charge in [0.1, 0.15) is 11.4 Å². The van der Waals surface area contributed by atoms with Crippen molar-refractivity contribution in [2.75, 3.05) is 11.1 Å². The molecule has 2 heterocycles. The Balaban J connectivity index is 2.39. The van der Waals surface area contributed by atoms with Gasteiger partial charge in [0.25, 0.3) is 11.5 Å². The Hall–Kier alpha value is -2.70. The summed E-state index contributed by atoms with van der Waals surface area (Å²) in [7, 11) is 0.